The molecule has 1 N–H and O–H groups in total. The molecule has 0 amide bonds. The van der Waals surface area contributed by atoms with Gasteiger partial charge in [0.15, 0.2) is 0 Å². The normalized spacial score (nSPS) is 31.4. The Labute approximate surface area is 78.1 Å². The van der Waals surface area contributed by atoms with Gasteiger partial charge < -0.3 is 5.11 Å². The number of carboxylic acids is 1. The summed E-state index contributed by atoms with van der Waals surface area (Å²) >= 11 is 0. The summed E-state index contributed by atoms with van der Waals surface area (Å²) in [7, 11) is 0. The largest absolute Gasteiger partial charge is 0.481 e. The van der Waals surface area contributed by atoms with Crippen LogP contribution in [0.2, 0.25) is 0 Å². The first-order valence-electron chi connectivity index (χ1n) is 4.78. The van der Waals surface area contributed by atoms with E-state index in [9.17, 15) is 9.59 Å². The molecule has 1 rings (SSSR count). The number of carboxylic acid groups (broad SMARTS) is 1. The molecular weight excluding hydrogens is 168 g/mol. The summed E-state index contributed by atoms with van der Waals surface area (Å²) in [6, 6.07) is 0. The monoisotopic (exact) mass is 184 g/mol. The van der Waals surface area contributed by atoms with Crippen LogP contribution in [0.5, 0.6) is 0 Å². The van der Waals surface area contributed by atoms with Gasteiger partial charge in [0.25, 0.3) is 0 Å². The number of Topliss-reactive ketones (excluding diaryl/α,β-unsaturated/α-hetero) is 1. The summed E-state index contributed by atoms with van der Waals surface area (Å²) in [5.41, 5.74) is 0. The van der Waals surface area contributed by atoms with Crippen molar-refractivity contribution in [1.82, 2.24) is 0 Å². The van der Waals surface area contributed by atoms with Crippen LogP contribution in [0.1, 0.15) is 33.1 Å². The Hall–Kier alpha value is -0.860. The van der Waals surface area contributed by atoms with Crippen molar-refractivity contribution in [2.24, 2.45) is 17.8 Å². The molecule has 13 heavy (non-hydrogen) atoms. The fourth-order valence-corrected chi connectivity index (χ4v) is 1.92. The molecule has 0 saturated heterocycles. The van der Waals surface area contributed by atoms with Crippen LogP contribution < -0.4 is 0 Å². The molecule has 0 aliphatic heterocycles. The minimum absolute atomic E-state index is 0.133. The molecule has 1 saturated carbocycles. The predicted molar refractivity (Wildman–Crippen MR) is 48.3 cm³/mol. The van der Waals surface area contributed by atoms with E-state index >= 15 is 0 Å². The molecule has 0 spiro atoms. The van der Waals surface area contributed by atoms with E-state index in [0.29, 0.717) is 12.3 Å². The van der Waals surface area contributed by atoms with Gasteiger partial charge in [-0.05, 0) is 18.8 Å². The summed E-state index contributed by atoms with van der Waals surface area (Å²) < 4.78 is 0. The van der Waals surface area contributed by atoms with Crippen molar-refractivity contribution < 1.29 is 14.7 Å². The van der Waals surface area contributed by atoms with E-state index < -0.39 is 11.9 Å². The van der Waals surface area contributed by atoms with Crippen LogP contribution in [0, 0.1) is 17.8 Å². The molecule has 3 nitrogen and oxygen atoms in total. The van der Waals surface area contributed by atoms with Gasteiger partial charge in [-0.2, -0.15) is 0 Å². The van der Waals surface area contributed by atoms with Crippen molar-refractivity contribution in [3.63, 3.8) is 0 Å². The molecule has 0 bridgehead atoms. The van der Waals surface area contributed by atoms with Gasteiger partial charge in [0.2, 0.25) is 0 Å². The lowest BCUT2D eigenvalue weighted by Crippen LogP contribution is -2.32. The lowest BCUT2D eigenvalue weighted by atomic mass is 9.76. The van der Waals surface area contributed by atoms with Gasteiger partial charge in [-0.1, -0.05) is 13.8 Å². The predicted octanol–water partition coefficient (Wildman–Crippen LogP) is 1.71. The van der Waals surface area contributed by atoms with E-state index in [1.165, 1.54) is 0 Å². The van der Waals surface area contributed by atoms with Gasteiger partial charge in [0.05, 0.1) is 5.92 Å². The van der Waals surface area contributed by atoms with E-state index in [0.717, 1.165) is 12.8 Å². The van der Waals surface area contributed by atoms with Crippen LogP contribution in [-0.2, 0) is 9.59 Å². The molecule has 1 fully saturated rings. The highest BCUT2D eigenvalue weighted by atomic mass is 16.4. The summed E-state index contributed by atoms with van der Waals surface area (Å²) in [5.74, 6) is -1.04. The Morgan fingerprint density at radius 2 is 2.15 bits per heavy atom. The summed E-state index contributed by atoms with van der Waals surface area (Å²) in [6.07, 6.45) is 2.28. The van der Waals surface area contributed by atoms with Gasteiger partial charge in [-0.3, -0.25) is 9.59 Å². The highest BCUT2D eigenvalue weighted by Gasteiger charge is 2.33. The smallest absolute Gasteiger partial charge is 0.306 e. The number of hydrogen-bond acceptors (Lipinski definition) is 2. The number of carbonyl (C=O) groups excluding carboxylic acids is 1. The summed E-state index contributed by atoms with van der Waals surface area (Å²) in [4.78, 5) is 22.2. The molecular formula is C10H16O3. The van der Waals surface area contributed by atoms with Crippen LogP contribution in [0.3, 0.4) is 0 Å². The number of rotatable bonds is 2. The van der Waals surface area contributed by atoms with Crippen LogP contribution in [0.25, 0.3) is 0 Å². The van der Waals surface area contributed by atoms with E-state index in [-0.39, 0.29) is 11.7 Å². The van der Waals surface area contributed by atoms with Crippen LogP contribution in [-0.4, -0.2) is 16.9 Å². The highest BCUT2D eigenvalue weighted by Crippen LogP contribution is 2.30. The Morgan fingerprint density at radius 3 is 2.62 bits per heavy atom. The lowest BCUT2D eigenvalue weighted by molar-refractivity contribution is -0.147. The second-order valence-electron chi connectivity index (χ2n) is 4.09. The zero-order chi connectivity index (χ0) is 10.0. The van der Waals surface area contributed by atoms with Crippen LogP contribution in [0.4, 0.5) is 0 Å². The van der Waals surface area contributed by atoms with E-state index in [4.69, 9.17) is 5.11 Å². The van der Waals surface area contributed by atoms with Gasteiger partial charge in [0, 0.05) is 12.3 Å². The maximum atomic E-state index is 11.5. The first-order valence-corrected chi connectivity index (χ1v) is 4.78. The van der Waals surface area contributed by atoms with Gasteiger partial charge in [0.1, 0.15) is 5.78 Å². The van der Waals surface area contributed by atoms with E-state index in [1.54, 1.807) is 6.92 Å². The standard InChI is InChI=1S/C10H16O3/c1-6-3-4-8(9(11)5-6)7(2)10(12)13/h6-8H,3-5H2,1-2H3,(H,12,13)/t6-,7+,8?/m1/s1. The Kier molecular flexibility index (Phi) is 3.07. The number of carbonyl (C=O) groups is 2. The first kappa shape index (κ1) is 10.2. The molecule has 0 aromatic carbocycles. The molecule has 0 aromatic rings. The quantitative estimate of drug-likeness (QED) is 0.710. The third-order valence-corrected chi connectivity index (χ3v) is 2.93. The van der Waals surface area contributed by atoms with Crippen molar-refractivity contribution in [3.05, 3.63) is 0 Å². The second kappa shape index (κ2) is 3.90. The molecule has 3 atom stereocenters. The highest BCUT2D eigenvalue weighted by molar-refractivity contribution is 5.86. The zero-order valence-electron chi connectivity index (χ0n) is 8.12. The van der Waals surface area contributed by atoms with Crippen molar-refractivity contribution in [1.29, 1.82) is 0 Å². The third-order valence-electron chi connectivity index (χ3n) is 2.93. The Morgan fingerprint density at radius 1 is 1.54 bits per heavy atom. The minimum atomic E-state index is -0.854. The molecule has 1 unspecified atom stereocenters. The average Bonchev–Trinajstić information content (AvgIpc) is 2.03. The van der Waals surface area contributed by atoms with Crippen LogP contribution in [0.15, 0.2) is 0 Å². The summed E-state index contributed by atoms with van der Waals surface area (Å²) in [6.45, 7) is 3.67. The third kappa shape index (κ3) is 2.29. The number of ketones is 1. The summed E-state index contributed by atoms with van der Waals surface area (Å²) in [5, 5.41) is 8.77. The minimum Gasteiger partial charge on any atom is -0.481 e. The van der Waals surface area contributed by atoms with Gasteiger partial charge in [-0.25, -0.2) is 0 Å². The Bertz CT molecular complexity index is 222. The number of hydrogen-bond donors (Lipinski definition) is 1. The molecule has 0 aromatic heterocycles. The van der Waals surface area contributed by atoms with Gasteiger partial charge in [-0.15, -0.1) is 0 Å². The molecule has 1 aliphatic carbocycles. The Balaban J connectivity index is 2.61. The van der Waals surface area contributed by atoms with Crippen LogP contribution >= 0.6 is 0 Å². The first-order chi connectivity index (χ1) is 6.02. The fourth-order valence-electron chi connectivity index (χ4n) is 1.92. The molecule has 74 valence electrons. The fraction of sp³-hybridized carbons (Fsp3) is 0.800. The SMILES string of the molecule is C[C@@H]1CCC([C@H](C)C(=O)O)C(=O)C1. The molecule has 0 radical (unpaired) electrons. The van der Waals surface area contributed by atoms with E-state index in [2.05, 4.69) is 0 Å². The van der Waals surface area contributed by atoms with Gasteiger partial charge >= 0.3 is 5.97 Å². The maximum absolute atomic E-state index is 11.5. The molecule has 3 heteroatoms. The number of aliphatic carboxylic acids is 1. The zero-order valence-corrected chi connectivity index (χ0v) is 8.12. The van der Waals surface area contributed by atoms with Crippen molar-refractivity contribution in [2.75, 3.05) is 0 Å². The van der Waals surface area contributed by atoms with Crippen molar-refractivity contribution >= 4 is 11.8 Å². The van der Waals surface area contributed by atoms with Crippen molar-refractivity contribution in [3.8, 4) is 0 Å². The van der Waals surface area contributed by atoms with E-state index in [1.807, 2.05) is 6.92 Å². The maximum Gasteiger partial charge on any atom is 0.306 e. The molecule has 0 heterocycles. The molecule has 1 aliphatic rings. The topological polar surface area (TPSA) is 54.4 Å². The second-order valence-corrected chi connectivity index (χ2v) is 4.09. The van der Waals surface area contributed by atoms with Crippen molar-refractivity contribution in [2.45, 2.75) is 33.1 Å². The average molecular weight is 184 g/mol. The lowest BCUT2D eigenvalue weighted by Gasteiger charge is -2.27.